The quantitative estimate of drug-likeness (QED) is 0.697. The lowest BCUT2D eigenvalue weighted by Gasteiger charge is -2.10. The highest BCUT2D eigenvalue weighted by Crippen LogP contribution is 2.19. The highest BCUT2D eigenvalue weighted by atomic mass is 16.5. The first kappa shape index (κ1) is 16.8. The van der Waals surface area contributed by atoms with Crippen LogP contribution in [0.4, 0.5) is 10.5 Å². The maximum absolute atomic E-state index is 11.6. The first-order valence-corrected chi connectivity index (χ1v) is 6.95. The van der Waals surface area contributed by atoms with Gasteiger partial charge in [-0.05, 0) is 43.0 Å². The van der Waals surface area contributed by atoms with Crippen molar-refractivity contribution in [3.63, 3.8) is 0 Å². The van der Waals surface area contributed by atoms with E-state index in [1.54, 1.807) is 18.2 Å². The average Bonchev–Trinajstić information content (AvgIpc) is 2.37. The number of hydrogen-bond donors (Lipinski definition) is 3. The molecular weight excluding hydrogens is 270 g/mol. The van der Waals surface area contributed by atoms with Crippen LogP contribution in [0.1, 0.15) is 25.8 Å². The van der Waals surface area contributed by atoms with Crippen LogP contribution >= 0.6 is 0 Å². The van der Waals surface area contributed by atoms with Gasteiger partial charge >= 0.3 is 6.03 Å². The molecule has 21 heavy (non-hydrogen) atoms. The van der Waals surface area contributed by atoms with Gasteiger partial charge in [-0.15, -0.1) is 0 Å². The normalized spacial score (nSPS) is 10.3. The van der Waals surface area contributed by atoms with E-state index >= 15 is 0 Å². The Hall–Kier alpha value is -2.24. The first-order chi connectivity index (χ1) is 9.88. The van der Waals surface area contributed by atoms with Crippen LogP contribution in [-0.4, -0.2) is 25.1 Å². The van der Waals surface area contributed by atoms with Gasteiger partial charge < -0.3 is 15.8 Å². The lowest BCUT2D eigenvalue weighted by Crippen LogP contribution is -2.42. The van der Waals surface area contributed by atoms with Crippen molar-refractivity contribution in [2.24, 2.45) is 5.92 Å². The van der Waals surface area contributed by atoms with Crippen molar-refractivity contribution in [3.8, 4) is 5.75 Å². The maximum atomic E-state index is 11.6. The molecule has 0 radical (unpaired) electrons. The number of benzene rings is 1. The van der Waals surface area contributed by atoms with Crippen LogP contribution in [0.25, 0.3) is 0 Å². The molecule has 1 aromatic carbocycles. The molecule has 3 amide bonds. The molecule has 0 saturated heterocycles. The number of imide groups is 1. The highest BCUT2D eigenvalue weighted by molar-refractivity contribution is 5.94. The van der Waals surface area contributed by atoms with Crippen LogP contribution in [0.5, 0.6) is 5.75 Å². The number of ether oxygens (including phenoxy) is 1. The molecular formula is C15H23N3O3. The number of hydrogen-bond acceptors (Lipinski definition) is 4. The molecule has 0 atom stereocenters. The number of carbonyl (C=O) groups is 2. The third kappa shape index (κ3) is 6.65. The van der Waals surface area contributed by atoms with Gasteiger partial charge in [0.1, 0.15) is 5.75 Å². The Morgan fingerprint density at radius 1 is 1.33 bits per heavy atom. The fraction of sp³-hybridized carbons (Fsp3) is 0.467. The minimum absolute atomic E-state index is 0.220. The van der Waals surface area contributed by atoms with Gasteiger partial charge in [-0.2, -0.15) is 0 Å². The number of amides is 3. The molecule has 1 rings (SSSR count). The van der Waals surface area contributed by atoms with Gasteiger partial charge in [-0.25, -0.2) is 4.79 Å². The number of aryl methyl sites for hydroxylation is 1. The smallest absolute Gasteiger partial charge is 0.321 e. The van der Waals surface area contributed by atoms with Gasteiger partial charge in [-0.3, -0.25) is 10.1 Å². The van der Waals surface area contributed by atoms with Crippen molar-refractivity contribution in [1.82, 2.24) is 10.6 Å². The molecule has 0 fully saturated rings. The molecule has 0 aliphatic carbocycles. The Labute approximate surface area is 125 Å². The summed E-state index contributed by atoms with van der Waals surface area (Å²) in [5.41, 5.74) is 7.10. The van der Waals surface area contributed by atoms with Gasteiger partial charge in [0, 0.05) is 12.2 Å². The molecule has 0 unspecified atom stereocenters. The summed E-state index contributed by atoms with van der Waals surface area (Å²) in [7, 11) is 0. The zero-order chi connectivity index (χ0) is 15.8. The number of anilines is 1. The zero-order valence-electron chi connectivity index (χ0n) is 12.7. The van der Waals surface area contributed by atoms with E-state index in [4.69, 9.17) is 10.5 Å². The molecule has 4 N–H and O–H groups in total. The van der Waals surface area contributed by atoms with Crippen molar-refractivity contribution in [2.75, 3.05) is 18.9 Å². The van der Waals surface area contributed by atoms with Crippen molar-refractivity contribution in [1.29, 1.82) is 0 Å². The average molecular weight is 293 g/mol. The third-order valence-electron chi connectivity index (χ3n) is 2.82. The summed E-state index contributed by atoms with van der Waals surface area (Å²) < 4.78 is 5.35. The monoisotopic (exact) mass is 293 g/mol. The van der Waals surface area contributed by atoms with Crippen LogP contribution in [0.3, 0.4) is 0 Å². The fourth-order valence-electron chi connectivity index (χ4n) is 1.66. The second kappa shape index (κ2) is 8.14. The molecule has 0 aromatic heterocycles. The van der Waals surface area contributed by atoms with Gasteiger partial charge in [0.25, 0.3) is 5.91 Å². The summed E-state index contributed by atoms with van der Waals surface area (Å²) in [5.74, 6) is 0.575. The topological polar surface area (TPSA) is 93.4 Å². The van der Waals surface area contributed by atoms with Gasteiger partial charge in [0.2, 0.25) is 0 Å². The summed E-state index contributed by atoms with van der Waals surface area (Å²) in [6, 6.07) is 4.64. The number of nitrogens with two attached hydrogens (primary N) is 1. The third-order valence-corrected chi connectivity index (χ3v) is 2.82. The maximum Gasteiger partial charge on any atom is 0.321 e. The number of nitrogens with one attached hydrogen (secondary N) is 2. The summed E-state index contributed by atoms with van der Waals surface area (Å²) >= 11 is 0. The second-order valence-corrected chi connectivity index (χ2v) is 5.30. The van der Waals surface area contributed by atoms with Crippen LogP contribution < -0.4 is 21.1 Å². The lowest BCUT2D eigenvalue weighted by atomic mass is 10.1. The number of rotatable bonds is 6. The largest absolute Gasteiger partial charge is 0.483 e. The van der Waals surface area contributed by atoms with E-state index in [1.165, 1.54) is 0 Å². The minimum Gasteiger partial charge on any atom is -0.483 e. The van der Waals surface area contributed by atoms with Gasteiger partial charge in [-0.1, -0.05) is 13.8 Å². The Kier molecular flexibility index (Phi) is 6.52. The summed E-state index contributed by atoms with van der Waals surface area (Å²) in [5, 5.41) is 4.84. The molecule has 0 spiro atoms. The predicted molar refractivity (Wildman–Crippen MR) is 82.1 cm³/mol. The Balaban J connectivity index is 2.32. The highest BCUT2D eigenvalue weighted by Gasteiger charge is 2.09. The zero-order valence-corrected chi connectivity index (χ0v) is 12.7. The van der Waals surface area contributed by atoms with Crippen LogP contribution in [-0.2, 0) is 4.79 Å². The molecule has 1 aromatic rings. The van der Waals surface area contributed by atoms with E-state index in [2.05, 4.69) is 24.5 Å². The van der Waals surface area contributed by atoms with Crippen LogP contribution in [0.15, 0.2) is 18.2 Å². The SMILES string of the molecule is Cc1cc(N)ccc1OCC(=O)NC(=O)NCCC(C)C. The van der Waals surface area contributed by atoms with E-state index < -0.39 is 11.9 Å². The van der Waals surface area contributed by atoms with Crippen molar-refractivity contribution in [3.05, 3.63) is 23.8 Å². The molecule has 0 aliphatic rings. The molecule has 0 heterocycles. The molecule has 0 bridgehead atoms. The fourth-order valence-corrected chi connectivity index (χ4v) is 1.66. The van der Waals surface area contributed by atoms with E-state index in [1.807, 2.05) is 6.92 Å². The molecule has 6 heteroatoms. The van der Waals surface area contributed by atoms with Crippen molar-refractivity contribution < 1.29 is 14.3 Å². The van der Waals surface area contributed by atoms with E-state index in [0.717, 1.165) is 12.0 Å². The predicted octanol–water partition coefficient (Wildman–Crippen LogP) is 1.83. The Bertz CT molecular complexity index is 501. The Morgan fingerprint density at radius 3 is 2.67 bits per heavy atom. The standard InChI is InChI=1S/C15H23N3O3/c1-10(2)6-7-17-15(20)18-14(19)9-21-13-5-4-12(16)8-11(13)3/h4-5,8,10H,6-7,9,16H2,1-3H3,(H2,17,18,19,20). The van der Waals surface area contributed by atoms with Crippen molar-refractivity contribution in [2.45, 2.75) is 27.2 Å². The number of carbonyl (C=O) groups excluding carboxylic acids is 2. The van der Waals surface area contributed by atoms with Crippen molar-refractivity contribution >= 4 is 17.6 Å². The Morgan fingerprint density at radius 2 is 2.05 bits per heavy atom. The van der Waals surface area contributed by atoms with E-state index in [9.17, 15) is 9.59 Å². The minimum atomic E-state index is -0.502. The number of urea groups is 1. The van der Waals surface area contributed by atoms with Gasteiger partial charge in [0.05, 0.1) is 0 Å². The first-order valence-electron chi connectivity index (χ1n) is 6.95. The van der Waals surface area contributed by atoms with Gasteiger partial charge in [0.15, 0.2) is 6.61 Å². The van der Waals surface area contributed by atoms with E-state index in [0.29, 0.717) is 23.9 Å². The lowest BCUT2D eigenvalue weighted by molar-refractivity contribution is -0.122. The molecule has 0 aliphatic heterocycles. The van der Waals surface area contributed by atoms with Crippen LogP contribution in [0.2, 0.25) is 0 Å². The van der Waals surface area contributed by atoms with E-state index in [-0.39, 0.29) is 6.61 Å². The molecule has 116 valence electrons. The second-order valence-electron chi connectivity index (χ2n) is 5.30. The summed E-state index contributed by atoms with van der Waals surface area (Å²) in [6.07, 6.45) is 0.864. The van der Waals surface area contributed by atoms with Crippen LogP contribution in [0, 0.1) is 12.8 Å². The number of nitrogen functional groups attached to an aromatic ring is 1. The molecule has 0 saturated carbocycles. The summed E-state index contributed by atoms with van der Waals surface area (Å²) in [6.45, 7) is 6.28. The molecule has 6 nitrogen and oxygen atoms in total. The summed E-state index contributed by atoms with van der Waals surface area (Å²) in [4.78, 5) is 23.0.